The van der Waals surface area contributed by atoms with Crippen LogP contribution in [-0.4, -0.2) is 25.4 Å². The highest BCUT2D eigenvalue weighted by Crippen LogP contribution is 2.08. The van der Waals surface area contributed by atoms with Gasteiger partial charge in [0.15, 0.2) is 5.79 Å². The van der Waals surface area contributed by atoms with Gasteiger partial charge in [0.25, 0.3) is 0 Å². The number of carbonyl (C=O) groups is 1. The van der Waals surface area contributed by atoms with Crippen molar-refractivity contribution < 1.29 is 14.3 Å². The molecule has 4 nitrogen and oxygen atoms in total. The van der Waals surface area contributed by atoms with Gasteiger partial charge in [-0.2, -0.15) is 0 Å². The Kier molecular flexibility index (Phi) is 5.12. The Morgan fingerprint density at radius 2 is 1.94 bits per heavy atom. The first-order valence-corrected chi connectivity index (χ1v) is 5.53. The van der Waals surface area contributed by atoms with Gasteiger partial charge in [-0.25, -0.2) is 0 Å². The maximum absolute atomic E-state index is 11.5. The molecule has 0 heterocycles. The largest absolute Gasteiger partial charge is 0.354 e. The fourth-order valence-electron chi connectivity index (χ4n) is 1.15. The number of benzene rings is 1. The summed E-state index contributed by atoms with van der Waals surface area (Å²) in [4.78, 5) is 11.5. The topological polar surface area (TPSA) is 47.6 Å². The van der Waals surface area contributed by atoms with E-state index in [1.807, 2.05) is 30.3 Å². The normalized spacial score (nSPS) is 11.2. The van der Waals surface area contributed by atoms with Gasteiger partial charge >= 0.3 is 0 Å². The van der Waals surface area contributed by atoms with Gasteiger partial charge in [0, 0.05) is 13.7 Å². The van der Waals surface area contributed by atoms with Gasteiger partial charge in [-0.3, -0.25) is 4.79 Å². The molecule has 1 aromatic rings. The molecule has 0 spiro atoms. The molecule has 0 saturated carbocycles. The van der Waals surface area contributed by atoms with E-state index in [1.54, 1.807) is 21.0 Å². The molecule has 0 aliphatic heterocycles. The summed E-state index contributed by atoms with van der Waals surface area (Å²) >= 11 is 0. The molecule has 0 aliphatic carbocycles. The first-order valence-electron chi connectivity index (χ1n) is 5.53. The molecule has 1 rings (SSSR count). The average molecular weight is 237 g/mol. The zero-order valence-corrected chi connectivity index (χ0v) is 10.5. The van der Waals surface area contributed by atoms with Crippen LogP contribution in [0.4, 0.5) is 0 Å². The highest BCUT2D eigenvalue weighted by molar-refractivity contribution is 5.77. The summed E-state index contributed by atoms with van der Waals surface area (Å²) in [5.74, 6) is -0.886. The van der Waals surface area contributed by atoms with Crippen molar-refractivity contribution in [2.24, 2.45) is 0 Å². The number of hydrogen-bond acceptors (Lipinski definition) is 3. The Morgan fingerprint density at radius 1 is 1.29 bits per heavy atom. The van der Waals surface area contributed by atoms with E-state index < -0.39 is 5.79 Å². The van der Waals surface area contributed by atoms with E-state index in [-0.39, 0.29) is 12.5 Å². The van der Waals surface area contributed by atoms with Crippen LogP contribution in [0, 0.1) is 0 Å². The second kappa shape index (κ2) is 6.37. The summed E-state index contributed by atoms with van der Waals surface area (Å²) < 4.78 is 10.3. The highest BCUT2D eigenvalue weighted by Gasteiger charge is 2.17. The van der Waals surface area contributed by atoms with E-state index in [0.29, 0.717) is 6.54 Å². The number of hydrogen-bond donors (Lipinski definition) is 1. The van der Waals surface area contributed by atoms with Crippen molar-refractivity contribution >= 4 is 5.91 Å². The van der Waals surface area contributed by atoms with Gasteiger partial charge in [-0.05, 0) is 19.4 Å². The second-order valence-corrected chi connectivity index (χ2v) is 4.15. The fraction of sp³-hybridized carbons (Fsp3) is 0.462. The van der Waals surface area contributed by atoms with E-state index in [9.17, 15) is 4.79 Å². The van der Waals surface area contributed by atoms with E-state index in [1.165, 1.54) is 0 Å². The van der Waals surface area contributed by atoms with Crippen LogP contribution in [0.25, 0.3) is 0 Å². The summed E-state index contributed by atoms with van der Waals surface area (Å²) in [5.41, 5.74) is 1.06. The average Bonchev–Trinajstić information content (AvgIpc) is 2.35. The molecule has 0 unspecified atom stereocenters. The number of ether oxygens (including phenoxy) is 2. The summed E-state index contributed by atoms with van der Waals surface area (Å²) in [6.45, 7) is 4.03. The lowest BCUT2D eigenvalue weighted by molar-refractivity contribution is -0.198. The molecule has 17 heavy (non-hydrogen) atoms. The highest BCUT2D eigenvalue weighted by atomic mass is 16.7. The minimum absolute atomic E-state index is 0.00628. The van der Waals surface area contributed by atoms with Gasteiger partial charge in [0.2, 0.25) is 5.91 Å². The maximum Gasteiger partial charge on any atom is 0.246 e. The molecule has 1 amide bonds. The molecule has 0 atom stereocenters. The predicted octanol–water partition coefficient (Wildman–Crippen LogP) is 1.70. The fourth-order valence-corrected chi connectivity index (χ4v) is 1.15. The lowest BCUT2D eigenvalue weighted by Gasteiger charge is -2.22. The Morgan fingerprint density at radius 3 is 2.53 bits per heavy atom. The van der Waals surface area contributed by atoms with Crippen molar-refractivity contribution in [2.45, 2.75) is 26.2 Å². The summed E-state index contributed by atoms with van der Waals surface area (Å²) in [6.07, 6.45) is 0. The number of rotatable bonds is 6. The third-order valence-corrected chi connectivity index (χ3v) is 2.37. The molecule has 0 aliphatic rings. The summed E-state index contributed by atoms with van der Waals surface area (Å²) in [7, 11) is 1.54. The third kappa shape index (κ3) is 5.47. The van der Waals surface area contributed by atoms with Crippen LogP contribution in [-0.2, 0) is 20.8 Å². The van der Waals surface area contributed by atoms with Crippen LogP contribution >= 0.6 is 0 Å². The molecule has 1 N–H and O–H groups in total. The van der Waals surface area contributed by atoms with E-state index >= 15 is 0 Å². The number of nitrogens with one attached hydrogen (secondary N) is 1. The zero-order chi connectivity index (χ0) is 12.7. The molecular formula is C13H19NO3. The minimum atomic E-state index is -0.732. The summed E-state index contributed by atoms with van der Waals surface area (Å²) in [6, 6.07) is 9.73. The SMILES string of the molecule is COC(C)(C)OCC(=O)NCc1ccccc1. The van der Waals surface area contributed by atoms with Crippen molar-refractivity contribution in [1.82, 2.24) is 5.32 Å². The van der Waals surface area contributed by atoms with Crippen LogP contribution in [0.15, 0.2) is 30.3 Å². The van der Waals surface area contributed by atoms with E-state index in [2.05, 4.69) is 5.32 Å². The molecule has 4 heteroatoms. The Bertz CT molecular complexity index is 349. The number of carbonyl (C=O) groups excluding carboxylic acids is 1. The maximum atomic E-state index is 11.5. The van der Waals surface area contributed by atoms with Crippen LogP contribution in [0.1, 0.15) is 19.4 Å². The van der Waals surface area contributed by atoms with E-state index in [0.717, 1.165) is 5.56 Å². The van der Waals surface area contributed by atoms with Gasteiger partial charge < -0.3 is 14.8 Å². The minimum Gasteiger partial charge on any atom is -0.354 e. The first-order chi connectivity index (χ1) is 8.03. The lowest BCUT2D eigenvalue weighted by atomic mass is 10.2. The van der Waals surface area contributed by atoms with Gasteiger partial charge in [0.1, 0.15) is 6.61 Å². The van der Waals surface area contributed by atoms with Crippen molar-refractivity contribution in [1.29, 1.82) is 0 Å². The van der Waals surface area contributed by atoms with E-state index in [4.69, 9.17) is 9.47 Å². The molecular weight excluding hydrogens is 218 g/mol. The Hall–Kier alpha value is -1.39. The van der Waals surface area contributed by atoms with Gasteiger partial charge in [0.05, 0.1) is 0 Å². The second-order valence-electron chi connectivity index (χ2n) is 4.15. The van der Waals surface area contributed by atoms with Crippen molar-refractivity contribution in [3.8, 4) is 0 Å². The quantitative estimate of drug-likeness (QED) is 0.766. The molecule has 1 aromatic carbocycles. The standard InChI is InChI=1S/C13H19NO3/c1-13(2,16-3)17-10-12(15)14-9-11-7-5-4-6-8-11/h4-8H,9-10H2,1-3H3,(H,14,15). The smallest absolute Gasteiger partial charge is 0.246 e. The van der Waals surface area contributed by atoms with Crippen LogP contribution in [0.3, 0.4) is 0 Å². The Balaban J connectivity index is 2.27. The van der Waals surface area contributed by atoms with Crippen molar-refractivity contribution in [2.75, 3.05) is 13.7 Å². The number of methoxy groups -OCH3 is 1. The lowest BCUT2D eigenvalue weighted by Crippen LogP contribution is -2.34. The molecule has 0 fully saturated rings. The third-order valence-electron chi connectivity index (χ3n) is 2.37. The zero-order valence-electron chi connectivity index (χ0n) is 10.5. The molecule has 0 aromatic heterocycles. The molecule has 94 valence electrons. The molecule has 0 bridgehead atoms. The Labute approximate surface area is 102 Å². The molecule has 0 saturated heterocycles. The van der Waals surface area contributed by atoms with Crippen LogP contribution in [0.2, 0.25) is 0 Å². The summed E-state index contributed by atoms with van der Waals surface area (Å²) in [5, 5.41) is 2.78. The van der Waals surface area contributed by atoms with Gasteiger partial charge in [-0.15, -0.1) is 0 Å². The number of amides is 1. The van der Waals surface area contributed by atoms with Crippen LogP contribution in [0.5, 0.6) is 0 Å². The van der Waals surface area contributed by atoms with Crippen molar-refractivity contribution in [3.63, 3.8) is 0 Å². The van der Waals surface area contributed by atoms with Crippen molar-refractivity contribution in [3.05, 3.63) is 35.9 Å². The van der Waals surface area contributed by atoms with Crippen LogP contribution < -0.4 is 5.32 Å². The molecule has 0 radical (unpaired) electrons. The first kappa shape index (κ1) is 13.7. The monoisotopic (exact) mass is 237 g/mol. The predicted molar refractivity (Wildman–Crippen MR) is 65.3 cm³/mol. The van der Waals surface area contributed by atoms with Gasteiger partial charge in [-0.1, -0.05) is 30.3 Å².